The molecule has 11 fully saturated rings. The number of methoxy groups -OCH3 is 5. The Hall–Kier alpha value is -4.25. The van der Waals surface area contributed by atoms with Gasteiger partial charge in [0.25, 0.3) is 0 Å². The van der Waals surface area contributed by atoms with Gasteiger partial charge < -0.3 is 43.3 Å². The number of hydrogen-bond donors (Lipinski definition) is 0. The van der Waals surface area contributed by atoms with Crippen LogP contribution in [0.2, 0.25) is 5.02 Å². The lowest BCUT2D eigenvalue weighted by Crippen LogP contribution is -2.43. The fourth-order valence-corrected chi connectivity index (χ4v) is 21.6. The van der Waals surface area contributed by atoms with Crippen LogP contribution in [0.5, 0.6) is 28.7 Å². The Kier molecular flexibility index (Phi) is 22.3. The summed E-state index contributed by atoms with van der Waals surface area (Å²) in [6.45, 7) is 15.1. The Bertz CT molecular complexity index is 2990. The van der Waals surface area contributed by atoms with E-state index in [1.54, 1.807) is 42.0 Å². The first kappa shape index (κ1) is 66.4. The molecule has 9 nitrogen and oxygen atoms in total. The minimum absolute atomic E-state index is 0.262. The molecule has 10 heteroatoms. The molecule has 0 aromatic heterocycles. The lowest BCUT2D eigenvalue weighted by Gasteiger charge is -2.41. The summed E-state index contributed by atoms with van der Waals surface area (Å²) in [7, 11) is 8.87. The standard InChI is InChI=1S/C21H29NO.C21H31NO.C20H28ClNO.C20H29NO2/c1-21(19-5-3-4-6-20(19)23-2)9-11-22(12-10-21)15-18-14-16-7-8-17(18)13-16;1-23-21-5-3-2-4-20(21)19-8-10-22(11-9-19)15-18-13-16-6-7-17(12-16)14-18;1-23-20-5-4-17(21)13-19(20)16-6-8-22(9-7-16)18-11-14-2-3-15(10-14)12-18;1-22-17-5-6-20(23-2)18(13-17)15-7-9-21(10-8-15)19-12-14-3-4-16(19)11-14/h3-8,16-18H,9-15H2,1-2H3;2-5,16-19H,6-15H2,1H3;4-5,13-16,18H,2-3,6-12H2,1H3;5-6,13-16,19H,3-4,7-12H2,1-2H3/t;;;14-,16-,19?/m...0/s1. The van der Waals surface area contributed by atoms with Crippen molar-refractivity contribution in [3.63, 3.8) is 0 Å². The van der Waals surface area contributed by atoms with Crippen LogP contribution in [0.25, 0.3) is 0 Å². The van der Waals surface area contributed by atoms with Crippen molar-refractivity contribution in [2.75, 3.05) is 101 Å². The molecule has 8 bridgehead atoms. The van der Waals surface area contributed by atoms with Crippen LogP contribution >= 0.6 is 11.6 Å². The molecule has 4 heterocycles. The lowest BCUT2D eigenvalue weighted by atomic mass is 9.74. The van der Waals surface area contributed by atoms with Crippen molar-refractivity contribution in [2.24, 2.45) is 59.2 Å². The van der Waals surface area contributed by atoms with Gasteiger partial charge in [0.05, 0.1) is 35.5 Å². The van der Waals surface area contributed by atoms with E-state index in [0.29, 0.717) is 17.8 Å². The molecule has 502 valence electrons. The fraction of sp³-hybridized carbons (Fsp3) is 0.683. The van der Waals surface area contributed by atoms with Crippen LogP contribution in [0.3, 0.4) is 0 Å². The van der Waals surface area contributed by atoms with Crippen LogP contribution in [0.15, 0.2) is 97.1 Å². The molecule has 7 saturated carbocycles. The number of allylic oxidation sites excluding steroid dienone is 2. The van der Waals surface area contributed by atoms with Gasteiger partial charge in [0.15, 0.2) is 0 Å². The van der Waals surface area contributed by atoms with Crippen molar-refractivity contribution in [3.05, 3.63) is 124 Å². The summed E-state index contributed by atoms with van der Waals surface area (Å²) in [6.07, 6.45) is 38.9. The van der Waals surface area contributed by atoms with Gasteiger partial charge in [-0.05, 0) is 316 Å². The van der Waals surface area contributed by atoms with Crippen molar-refractivity contribution < 1.29 is 23.7 Å². The highest BCUT2D eigenvalue weighted by molar-refractivity contribution is 6.30. The van der Waals surface area contributed by atoms with Crippen molar-refractivity contribution in [2.45, 2.75) is 196 Å². The molecule has 0 amide bonds. The number of piperidine rings is 4. The summed E-state index contributed by atoms with van der Waals surface area (Å²) in [5.41, 5.74) is 5.72. The van der Waals surface area contributed by atoms with Gasteiger partial charge in [-0.25, -0.2) is 0 Å². The number of nitrogens with zero attached hydrogens (tertiary/aromatic N) is 4. The summed E-state index contributed by atoms with van der Waals surface area (Å²) in [5.74, 6) is 16.9. The molecule has 8 unspecified atom stereocenters. The van der Waals surface area contributed by atoms with E-state index in [9.17, 15) is 0 Å². The molecule has 0 N–H and O–H groups in total. The van der Waals surface area contributed by atoms with Gasteiger partial charge >= 0.3 is 0 Å². The monoisotopic (exact) mass is 1270 g/mol. The highest BCUT2D eigenvalue weighted by Crippen LogP contribution is 2.51. The van der Waals surface area contributed by atoms with Crippen LogP contribution in [-0.4, -0.2) is 133 Å². The third kappa shape index (κ3) is 15.8. The van der Waals surface area contributed by atoms with Crippen LogP contribution in [0, 0.1) is 59.2 Å². The average molecular weight is 1270 g/mol. The maximum atomic E-state index is 6.22. The molecule has 16 rings (SSSR count). The summed E-state index contributed by atoms with van der Waals surface area (Å²) in [4.78, 5) is 11.1. The van der Waals surface area contributed by atoms with E-state index >= 15 is 0 Å². The van der Waals surface area contributed by atoms with Gasteiger partial charge in [0.2, 0.25) is 0 Å². The smallest absolute Gasteiger partial charge is 0.122 e. The summed E-state index contributed by atoms with van der Waals surface area (Å²) >= 11 is 6.22. The van der Waals surface area contributed by atoms with Crippen LogP contribution in [0.4, 0.5) is 0 Å². The summed E-state index contributed by atoms with van der Waals surface area (Å²) in [6, 6.07) is 31.2. The topological polar surface area (TPSA) is 59.1 Å². The molecule has 4 aromatic rings. The van der Waals surface area contributed by atoms with Gasteiger partial charge in [0, 0.05) is 41.3 Å². The SMILES string of the molecule is COc1ccc(Cl)cc1C1CCN(C2CC3CCC(C3)C2)CC1.COc1ccc(OC)c(C2CCN(C3C[C@H]4CC[C@H]3C4)CC2)c1.COc1ccccc1C1(C)CCN(CC2CC3C=CC2C3)CC1.COc1ccccc1C1CCN(CC2CC3CCC(C3)C2)CC1. The predicted octanol–water partition coefficient (Wildman–Crippen LogP) is 18.1. The van der Waals surface area contributed by atoms with E-state index in [0.717, 1.165) is 105 Å². The number of fused-ring (bicyclic) bond motifs is 8. The zero-order chi connectivity index (χ0) is 63.1. The largest absolute Gasteiger partial charge is 0.497 e. The van der Waals surface area contributed by atoms with E-state index in [4.69, 9.17) is 35.3 Å². The minimum atomic E-state index is 0.262. The molecule has 92 heavy (non-hydrogen) atoms. The van der Waals surface area contributed by atoms with E-state index in [1.807, 2.05) is 18.2 Å². The second-order valence-electron chi connectivity index (χ2n) is 31.8. The molecule has 4 aromatic carbocycles. The van der Waals surface area contributed by atoms with Crippen LogP contribution in [-0.2, 0) is 5.41 Å². The van der Waals surface area contributed by atoms with E-state index < -0.39 is 0 Å². The summed E-state index contributed by atoms with van der Waals surface area (Å²) < 4.78 is 27.7. The number of benzene rings is 4. The second-order valence-corrected chi connectivity index (χ2v) is 32.3. The number of likely N-dealkylation sites (tertiary alicyclic amines) is 4. The number of hydrogen-bond acceptors (Lipinski definition) is 9. The molecular weight excluding hydrogens is 1160 g/mol. The minimum Gasteiger partial charge on any atom is -0.497 e. The molecule has 12 aliphatic rings. The fourth-order valence-electron chi connectivity index (χ4n) is 21.4. The number of halogens is 1. The van der Waals surface area contributed by atoms with Crippen molar-refractivity contribution >= 4 is 11.6 Å². The highest BCUT2D eigenvalue weighted by atomic mass is 35.5. The molecule has 10 atom stereocenters. The maximum Gasteiger partial charge on any atom is 0.122 e. The molecule has 8 aliphatic carbocycles. The Balaban J connectivity index is 0.000000112. The number of ether oxygens (including phenoxy) is 5. The molecule has 4 saturated heterocycles. The van der Waals surface area contributed by atoms with Gasteiger partial charge in [-0.1, -0.05) is 99.2 Å². The van der Waals surface area contributed by atoms with E-state index in [1.165, 1.54) is 235 Å². The van der Waals surface area contributed by atoms with Gasteiger partial charge in [-0.2, -0.15) is 0 Å². The van der Waals surface area contributed by atoms with Gasteiger partial charge in [0.1, 0.15) is 28.7 Å². The van der Waals surface area contributed by atoms with Crippen molar-refractivity contribution in [1.82, 2.24) is 19.6 Å². The Morgan fingerprint density at radius 3 is 1.55 bits per heavy atom. The number of rotatable bonds is 15. The lowest BCUT2D eigenvalue weighted by molar-refractivity contribution is 0.0980. The highest BCUT2D eigenvalue weighted by Gasteiger charge is 2.44. The second kappa shape index (κ2) is 30.9. The first-order chi connectivity index (χ1) is 45.0. The van der Waals surface area contributed by atoms with E-state index in [-0.39, 0.29) is 5.41 Å². The van der Waals surface area contributed by atoms with Crippen molar-refractivity contribution in [1.29, 1.82) is 0 Å². The Morgan fingerprint density at radius 1 is 0.435 bits per heavy atom. The first-order valence-corrected chi connectivity index (χ1v) is 37.8. The third-order valence-corrected chi connectivity index (χ3v) is 26.6. The van der Waals surface area contributed by atoms with Crippen LogP contribution < -0.4 is 23.7 Å². The zero-order valence-corrected chi connectivity index (χ0v) is 58.4. The molecule has 0 radical (unpaired) electrons. The zero-order valence-electron chi connectivity index (χ0n) is 57.6. The average Bonchev–Trinajstić information content (AvgIpc) is 1.91. The molecule has 0 spiro atoms. The first-order valence-electron chi connectivity index (χ1n) is 37.4. The van der Waals surface area contributed by atoms with Gasteiger partial charge in [-0.3, -0.25) is 0 Å². The third-order valence-electron chi connectivity index (χ3n) is 26.4. The Morgan fingerprint density at radius 2 is 0.967 bits per heavy atom. The van der Waals surface area contributed by atoms with Crippen LogP contribution in [0.1, 0.15) is 201 Å². The van der Waals surface area contributed by atoms with Gasteiger partial charge in [-0.15, -0.1) is 0 Å². The maximum absolute atomic E-state index is 6.22. The molecule has 4 aliphatic heterocycles. The van der Waals surface area contributed by atoms with Crippen molar-refractivity contribution in [3.8, 4) is 28.7 Å². The molecular formula is C82H117ClN4O5. The quantitative estimate of drug-likeness (QED) is 0.108. The Labute approximate surface area is 561 Å². The predicted molar refractivity (Wildman–Crippen MR) is 378 cm³/mol. The van der Waals surface area contributed by atoms with E-state index in [2.05, 4.69) is 105 Å². The summed E-state index contributed by atoms with van der Waals surface area (Å²) in [5, 5.41) is 0.826. The normalized spacial score (nSPS) is 32.0. The number of para-hydroxylation sites is 2.